The van der Waals surface area contributed by atoms with Gasteiger partial charge in [0.15, 0.2) is 0 Å². The normalized spacial score (nSPS) is 20.3. The van der Waals surface area contributed by atoms with Crippen molar-refractivity contribution in [2.75, 3.05) is 13.6 Å². The molecule has 1 fully saturated rings. The molecule has 2 atom stereocenters. The molecule has 13 heteroatoms. The monoisotopic (exact) mass is 530 g/mol. The highest BCUT2D eigenvalue weighted by Crippen LogP contribution is 2.46. The molecule has 5 rings (SSSR count). The summed E-state index contributed by atoms with van der Waals surface area (Å²) in [5.74, 6) is -2.03. The minimum atomic E-state index is -5.08. The lowest BCUT2D eigenvalue weighted by Crippen LogP contribution is -2.47. The van der Waals surface area contributed by atoms with Crippen LogP contribution >= 0.6 is 0 Å². The number of hydrogen-bond acceptors (Lipinski definition) is 6. The van der Waals surface area contributed by atoms with E-state index in [4.69, 9.17) is 9.90 Å². The minimum absolute atomic E-state index is 0.0820. The average Bonchev–Trinajstić information content (AvgIpc) is 3.45. The van der Waals surface area contributed by atoms with E-state index in [1.807, 2.05) is 33.7 Å². The number of halogens is 3. The number of likely N-dealkylation sites (tertiary alicyclic amines) is 1. The van der Waals surface area contributed by atoms with Crippen molar-refractivity contribution in [3.8, 4) is 0 Å². The van der Waals surface area contributed by atoms with Crippen LogP contribution in [0.25, 0.3) is 0 Å². The average molecular weight is 531 g/mol. The van der Waals surface area contributed by atoms with Gasteiger partial charge in [0.05, 0.1) is 6.04 Å². The molecule has 0 unspecified atom stereocenters. The van der Waals surface area contributed by atoms with E-state index in [2.05, 4.69) is 32.6 Å². The van der Waals surface area contributed by atoms with Crippen molar-refractivity contribution in [1.29, 1.82) is 0 Å². The maximum absolute atomic E-state index is 13.5. The summed E-state index contributed by atoms with van der Waals surface area (Å²) in [6.07, 6.45) is -1.06. The fraction of sp³-hybridized carbons (Fsp3) is 0.360. The highest BCUT2D eigenvalue weighted by Gasteiger charge is 2.52. The van der Waals surface area contributed by atoms with E-state index >= 15 is 0 Å². The number of aryl methyl sites for hydroxylation is 1. The Bertz CT molecular complexity index is 1320. The molecule has 2 aromatic heterocycles. The third kappa shape index (κ3) is 5.08. The van der Waals surface area contributed by atoms with E-state index in [1.54, 1.807) is 25.4 Å². The SMILES string of the molecule is CNC(=O)c1nnc2n1C[C@@H]1N(C(=O)c3ccccn3)CC[C@]1(c1ccccc1)CC2.O=C(O)C(F)(F)F. The predicted molar refractivity (Wildman–Crippen MR) is 127 cm³/mol. The molecule has 4 heterocycles. The van der Waals surface area contributed by atoms with Gasteiger partial charge in [0.1, 0.15) is 11.5 Å². The summed E-state index contributed by atoms with van der Waals surface area (Å²) in [5.41, 5.74) is 1.44. The molecular formula is C25H25F3N6O4. The van der Waals surface area contributed by atoms with Crippen molar-refractivity contribution in [2.24, 2.45) is 0 Å². The Morgan fingerprint density at radius 3 is 2.34 bits per heavy atom. The van der Waals surface area contributed by atoms with Crippen LogP contribution in [0.15, 0.2) is 54.7 Å². The highest BCUT2D eigenvalue weighted by atomic mass is 19.4. The van der Waals surface area contributed by atoms with Gasteiger partial charge in [0.25, 0.3) is 11.8 Å². The summed E-state index contributed by atoms with van der Waals surface area (Å²) in [5, 5.41) is 18.2. The van der Waals surface area contributed by atoms with Gasteiger partial charge in [0, 0.05) is 38.2 Å². The summed E-state index contributed by atoms with van der Waals surface area (Å²) in [7, 11) is 1.58. The van der Waals surface area contributed by atoms with Crippen molar-refractivity contribution in [3.05, 3.63) is 77.6 Å². The summed E-state index contributed by atoms with van der Waals surface area (Å²) < 4.78 is 33.6. The van der Waals surface area contributed by atoms with Gasteiger partial charge in [0.2, 0.25) is 5.82 Å². The molecule has 0 radical (unpaired) electrons. The van der Waals surface area contributed by atoms with Crippen molar-refractivity contribution in [1.82, 2.24) is 30.0 Å². The van der Waals surface area contributed by atoms with E-state index in [1.165, 1.54) is 5.56 Å². The molecule has 2 N–H and O–H groups in total. The first-order chi connectivity index (χ1) is 18.1. The second kappa shape index (κ2) is 10.6. The van der Waals surface area contributed by atoms with Gasteiger partial charge in [-0.3, -0.25) is 14.6 Å². The quantitative estimate of drug-likeness (QED) is 0.532. The molecule has 10 nitrogen and oxygen atoms in total. The fourth-order valence-electron chi connectivity index (χ4n) is 5.14. The first-order valence-corrected chi connectivity index (χ1v) is 11.8. The Morgan fingerprint density at radius 2 is 1.74 bits per heavy atom. The molecule has 1 saturated heterocycles. The lowest BCUT2D eigenvalue weighted by molar-refractivity contribution is -0.192. The maximum atomic E-state index is 13.5. The number of pyridine rings is 1. The summed E-state index contributed by atoms with van der Waals surface area (Å²) in [6, 6.07) is 15.6. The van der Waals surface area contributed by atoms with Gasteiger partial charge >= 0.3 is 12.1 Å². The molecule has 2 aliphatic rings. The Labute approximate surface area is 215 Å². The number of carboxylic acid groups (broad SMARTS) is 1. The van der Waals surface area contributed by atoms with E-state index in [-0.39, 0.29) is 23.3 Å². The van der Waals surface area contributed by atoms with Crippen molar-refractivity contribution in [3.63, 3.8) is 0 Å². The number of benzene rings is 1. The second-order valence-corrected chi connectivity index (χ2v) is 8.93. The van der Waals surface area contributed by atoms with E-state index < -0.39 is 12.1 Å². The number of carboxylic acids is 1. The molecule has 2 amide bonds. The molecule has 1 aromatic carbocycles. The lowest BCUT2D eigenvalue weighted by Gasteiger charge is -2.37. The van der Waals surface area contributed by atoms with Crippen molar-refractivity contribution in [2.45, 2.75) is 43.4 Å². The third-order valence-corrected chi connectivity index (χ3v) is 6.96. The van der Waals surface area contributed by atoms with Crippen LogP contribution in [0, 0.1) is 0 Å². The molecule has 0 spiro atoms. The number of carbonyl (C=O) groups excluding carboxylic acids is 2. The van der Waals surface area contributed by atoms with E-state index in [0.717, 1.165) is 18.7 Å². The van der Waals surface area contributed by atoms with Crippen LogP contribution < -0.4 is 5.32 Å². The first kappa shape index (κ1) is 26.8. The summed E-state index contributed by atoms with van der Waals surface area (Å²) in [6.45, 7) is 1.11. The van der Waals surface area contributed by atoms with Crippen molar-refractivity contribution >= 4 is 17.8 Å². The van der Waals surface area contributed by atoms with Gasteiger partial charge < -0.3 is 19.9 Å². The van der Waals surface area contributed by atoms with Crippen LogP contribution in [0.2, 0.25) is 0 Å². The topological polar surface area (TPSA) is 130 Å². The standard InChI is InChI=1S/C23H24N6O2.C2HF3O2/c1-24-21(30)20-27-26-19-10-11-23(16-7-3-2-4-8-16)12-14-28(18(23)15-29(19)20)22(31)17-9-5-6-13-25-17;3-2(4,5)1(6)7/h2-9,13,18H,10-12,14-15H2,1H3,(H,24,30);(H,6,7)/t18-,23-;/m0./s1. The van der Waals surface area contributed by atoms with Crippen LogP contribution in [-0.2, 0) is 23.2 Å². The smallest absolute Gasteiger partial charge is 0.475 e. The second-order valence-electron chi connectivity index (χ2n) is 8.93. The van der Waals surface area contributed by atoms with Crippen LogP contribution in [0.5, 0.6) is 0 Å². The number of rotatable bonds is 3. The zero-order chi connectivity index (χ0) is 27.5. The number of hydrogen-bond donors (Lipinski definition) is 2. The zero-order valence-electron chi connectivity index (χ0n) is 20.4. The number of aromatic nitrogens is 4. The summed E-state index contributed by atoms with van der Waals surface area (Å²) in [4.78, 5) is 41.0. The van der Waals surface area contributed by atoms with Crippen LogP contribution in [0.4, 0.5) is 13.2 Å². The third-order valence-electron chi connectivity index (χ3n) is 6.96. The molecular weight excluding hydrogens is 505 g/mol. The van der Waals surface area contributed by atoms with E-state index in [9.17, 15) is 22.8 Å². The Kier molecular flexibility index (Phi) is 7.46. The Hall–Kier alpha value is -4.29. The van der Waals surface area contributed by atoms with Crippen LogP contribution in [-0.4, -0.2) is 73.3 Å². The Morgan fingerprint density at radius 1 is 1.05 bits per heavy atom. The van der Waals surface area contributed by atoms with Crippen LogP contribution in [0.3, 0.4) is 0 Å². The lowest BCUT2D eigenvalue weighted by atomic mass is 9.71. The highest BCUT2D eigenvalue weighted by molar-refractivity contribution is 5.93. The Balaban J connectivity index is 0.000000426. The summed E-state index contributed by atoms with van der Waals surface area (Å²) >= 11 is 0. The minimum Gasteiger partial charge on any atom is -0.475 e. The van der Waals surface area contributed by atoms with Crippen LogP contribution in [0.1, 0.15) is 45.3 Å². The number of alkyl halides is 3. The van der Waals surface area contributed by atoms with E-state index in [0.29, 0.717) is 31.0 Å². The molecule has 2 aliphatic heterocycles. The number of aliphatic carboxylic acids is 1. The molecule has 0 aliphatic carbocycles. The molecule has 38 heavy (non-hydrogen) atoms. The van der Waals surface area contributed by atoms with Gasteiger partial charge in [-0.05, 0) is 30.5 Å². The number of carbonyl (C=O) groups is 3. The number of amides is 2. The number of fused-ring (bicyclic) bond motifs is 2. The molecule has 200 valence electrons. The van der Waals surface area contributed by atoms with Crippen molar-refractivity contribution < 1.29 is 32.7 Å². The predicted octanol–water partition coefficient (Wildman–Crippen LogP) is 2.46. The largest absolute Gasteiger partial charge is 0.490 e. The molecule has 0 saturated carbocycles. The van der Waals surface area contributed by atoms with Gasteiger partial charge in [-0.1, -0.05) is 36.4 Å². The zero-order valence-corrected chi connectivity index (χ0v) is 20.4. The molecule has 3 aromatic rings. The molecule has 0 bridgehead atoms. The maximum Gasteiger partial charge on any atom is 0.490 e. The van der Waals surface area contributed by atoms with Gasteiger partial charge in [-0.2, -0.15) is 13.2 Å². The fourth-order valence-corrected chi connectivity index (χ4v) is 5.14. The van der Waals surface area contributed by atoms with Gasteiger partial charge in [-0.15, -0.1) is 10.2 Å². The number of nitrogens with one attached hydrogen (secondary N) is 1. The van der Waals surface area contributed by atoms with Gasteiger partial charge in [-0.25, -0.2) is 4.79 Å². The number of nitrogens with zero attached hydrogens (tertiary/aromatic N) is 5. The first-order valence-electron chi connectivity index (χ1n) is 11.8.